The third-order valence-corrected chi connectivity index (χ3v) is 4.11. The molecule has 0 spiro atoms. The van der Waals surface area contributed by atoms with E-state index in [1.807, 2.05) is 55.5 Å². The number of para-hydroxylation sites is 1. The van der Waals surface area contributed by atoms with Crippen molar-refractivity contribution >= 4 is 5.91 Å². The fourth-order valence-electron chi connectivity index (χ4n) is 2.60. The molecule has 6 nitrogen and oxygen atoms in total. The van der Waals surface area contributed by atoms with Gasteiger partial charge in [0.2, 0.25) is 11.7 Å². The lowest BCUT2D eigenvalue weighted by molar-refractivity contribution is -0.123. The van der Waals surface area contributed by atoms with Crippen molar-refractivity contribution in [1.82, 2.24) is 15.5 Å². The molecule has 0 atom stereocenters. The van der Waals surface area contributed by atoms with Crippen molar-refractivity contribution in [3.63, 3.8) is 0 Å². The van der Waals surface area contributed by atoms with Gasteiger partial charge in [0.15, 0.2) is 6.61 Å². The Morgan fingerprint density at radius 1 is 1.15 bits per heavy atom. The molecule has 0 aliphatic rings. The first-order chi connectivity index (χ1) is 13.0. The molecular weight excluding hydrogens is 342 g/mol. The zero-order chi connectivity index (χ0) is 19.2. The zero-order valence-electron chi connectivity index (χ0n) is 15.7. The van der Waals surface area contributed by atoms with E-state index in [4.69, 9.17) is 9.26 Å². The molecule has 0 saturated heterocycles. The minimum atomic E-state index is -0.247. The van der Waals surface area contributed by atoms with Gasteiger partial charge in [-0.25, -0.2) is 0 Å². The van der Waals surface area contributed by atoms with E-state index in [2.05, 4.69) is 29.3 Å². The van der Waals surface area contributed by atoms with E-state index in [0.717, 1.165) is 22.4 Å². The van der Waals surface area contributed by atoms with Gasteiger partial charge >= 0.3 is 0 Å². The first-order valence-corrected chi connectivity index (χ1v) is 8.91. The van der Waals surface area contributed by atoms with Gasteiger partial charge in [0.25, 0.3) is 5.91 Å². The Kier molecular flexibility index (Phi) is 5.86. The number of carbonyl (C=O) groups is 1. The second kappa shape index (κ2) is 8.49. The standard InChI is InChI=1S/C21H23N3O3/c1-14(2)17-6-4-5-7-18(17)26-13-19(25)22-12-20-23-21(24-27-20)16-10-8-15(3)9-11-16/h4-11,14H,12-13H2,1-3H3,(H,22,25). The molecule has 0 aliphatic heterocycles. The smallest absolute Gasteiger partial charge is 0.258 e. The third kappa shape index (κ3) is 4.94. The van der Waals surface area contributed by atoms with Crippen molar-refractivity contribution in [1.29, 1.82) is 0 Å². The number of carbonyl (C=O) groups excluding carboxylic acids is 1. The van der Waals surface area contributed by atoms with Gasteiger partial charge < -0.3 is 14.6 Å². The zero-order valence-corrected chi connectivity index (χ0v) is 15.7. The molecular formula is C21H23N3O3. The molecule has 140 valence electrons. The highest BCUT2D eigenvalue weighted by Crippen LogP contribution is 2.25. The summed E-state index contributed by atoms with van der Waals surface area (Å²) in [7, 11) is 0. The van der Waals surface area contributed by atoms with Gasteiger partial charge in [0, 0.05) is 5.56 Å². The van der Waals surface area contributed by atoms with E-state index in [1.54, 1.807) is 0 Å². The number of ether oxygens (including phenoxy) is 1. The number of hydrogen-bond acceptors (Lipinski definition) is 5. The predicted molar refractivity (Wildman–Crippen MR) is 102 cm³/mol. The molecule has 3 aromatic rings. The largest absolute Gasteiger partial charge is 0.483 e. The molecule has 1 amide bonds. The van der Waals surface area contributed by atoms with Crippen molar-refractivity contribution in [2.75, 3.05) is 6.61 Å². The summed E-state index contributed by atoms with van der Waals surface area (Å²) in [5.74, 6) is 1.65. The molecule has 3 rings (SSSR count). The van der Waals surface area contributed by atoms with Crippen LogP contribution in [0.3, 0.4) is 0 Å². The molecule has 1 heterocycles. The van der Waals surface area contributed by atoms with Crippen LogP contribution >= 0.6 is 0 Å². The number of benzene rings is 2. The van der Waals surface area contributed by atoms with E-state index in [1.165, 1.54) is 0 Å². The van der Waals surface area contributed by atoms with Crippen LogP contribution < -0.4 is 10.1 Å². The maximum absolute atomic E-state index is 12.1. The van der Waals surface area contributed by atoms with Gasteiger partial charge in [0.05, 0.1) is 6.54 Å². The highest BCUT2D eigenvalue weighted by atomic mass is 16.5. The van der Waals surface area contributed by atoms with E-state index in [9.17, 15) is 4.79 Å². The third-order valence-electron chi connectivity index (χ3n) is 4.11. The van der Waals surface area contributed by atoms with Gasteiger partial charge in [-0.1, -0.05) is 67.0 Å². The Bertz CT molecular complexity index is 901. The van der Waals surface area contributed by atoms with Crippen LogP contribution in [0.1, 0.15) is 36.8 Å². The first kappa shape index (κ1) is 18.6. The quantitative estimate of drug-likeness (QED) is 0.688. The van der Waals surface area contributed by atoms with Crippen LogP contribution in [0.4, 0.5) is 0 Å². The van der Waals surface area contributed by atoms with Crippen molar-refractivity contribution in [2.24, 2.45) is 0 Å². The van der Waals surface area contributed by atoms with Crippen molar-refractivity contribution in [3.8, 4) is 17.1 Å². The van der Waals surface area contributed by atoms with Gasteiger partial charge in [-0.3, -0.25) is 4.79 Å². The molecule has 1 N–H and O–H groups in total. The molecule has 27 heavy (non-hydrogen) atoms. The fraction of sp³-hybridized carbons (Fsp3) is 0.286. The molecule has 2 aromatic carbocycles. The molecule has 1 aromatic heterocycles. The summed E-state index contributed by atoms with van der Waals surface area (Å²) in [6.45, 7) is 6.28. The van der Waals surface area contributed by atoms with Crippen molar-refractivity contribution in [3.05, 3.63) is 65.5 Å². The second-order valence-corrected chi connectivity index (χ2v) is 6.64. The summed E-state index contributed by atoms with van der Waals surface area (Å²) >= 11 is 0. The maximum Gasteiger partial charge on any atom is 0.258 e. The summed E-state index contributed by atoms with van der Waals surface area (Å²) in [6, 6.07) is 15.6. The average molecular weight is 365 g/mol. The summed E-state index contributed by atoms with van der Waals surface area (Å²) in [5.41, 5.74) is 3.11. The van der Waals surface area contributed by atoms with E-state index in [-0.39, 0.29) is 19.1 Å². The molecule has 0 aliphatic carbocycles. The second-order valence-electron chi connectivity index (χ2n) is 6.64. The highest BCUT2D eigenvalue weighted by Gasteiger charge is 2.12. The van der Waals surface area contributed by atoms with E-state index < -0.39 is 0 Å². The number of nitrogens with one attached hydrogen (secondary N) is 1. The molecule has 0 bridgehead atoms. The number of aromatic nitrogens is 2. The van der Waals surface area contributed by atoms with Crippen LogP contribution in [0.2, 0.25) is 0 Å². The molecule has 0 unspecified atom stereocenters. The fourth-order valence-corrected chi connectivity index (χ4v) is 2.60. The van der Waals surface area contributed by atoms with Crippen molar-refractivity contribution < 1.29 is 14.1 Å². The van der Waals surface area contributed by atoms with Crippen LogP contribution in [-0.4, -0.2) is 22.7 Å². The number of nitrogens with zero attached hydrogens (tertiary/aromatic N) is 2. The van der Waals surface area contributed by atoms with Gasteiger partial charge in [-0.15, -0.1) is 0 Å². The minimum Gasteiger partial charge on any atom is -0.483 e. The predicted octanol–water partition coefficient (Wildman–Crippen LogP) is 3.86. The monoisotopic (exact) mass is 365 g/mol. The minimum absolute atomic E-state index is 0.0668. The summed E-state index contributed by atoms with van der Waals surface area (Å²) in [5, 5.41) is 6.68. The average Bonchev–Trinajstić information content (AvgIpc) is 3.14. The van der Waals surface area contributed by atoms with Crippen LogP contribution in [0.25, 0.3) is 11.4 Å². The van der Waals surface area contributed by atoms with Crippen molar-refractivity contribution in [2.45, 2.75) is 33.2 Å². The number of aryl methyl sites for hydroxylation is 1. The highest BCUT2D eigenvalue weighted by molar-refractivity contribution is 5.77. The number of rotatable bonds is 7. The Morgan fingerprint density at radius 3 is 2.63 bits per heavy atom. The number of amides is 1. The summed E-state index contributed by atoms with van der Waals surface area (Å²) in [4.78, 5) is 16.4. The lowest BCUT2D eigenvalue weighted by Crippen LogP contribution is -2.28. The Hall–Kier alpha value is -3.15. The van der Waals surface area contributed by atoms with E-state index >= 15 is 0 Å². The first-order valence-electron chi connectivity index (χ1n) is 8.91. The Labute approximate surface area is 158 Å². The molecule has 0 saturated carbocycles. The van der Waals surface area contributed by atoms with Gasteiger partial charge in [-0.05, 0) is 24.5 Å². The SMILES string of the molecule is Cc1ccc(-c2noc(CNC(=O)COc3ccccc3C(C)C)n2)cc1. The molecule has 6 heteroatoms. The Morgan fingerprint density at radius 2 is 1.89 bits per heavy atom. The molecule has 0 radical (unpaired) electrons. The number of hydrogen-bond donors (Lipinski definition) is 1. The lowest BCUT2D eigenvalue weighted by atomic mass is 10.0. The van der Waals surface area contributed by atoms with Gasteiger partial charge in [0.1, 0.15) is 5.75 Å². The van der Waals surface area contributed by atoms with Gasteiger partial charge in [-0.2, -0.15) is 4.98 Å². The maximum atomic E-state index is 12.1. The van der Waals surface area contributed by atoms with Crippen LogP contribution in [0.15, 0.2) is 53.1 Å². The Balaban J connectivity index is 1.52. The van der Waals surface area contributed by atoms with E-state index in [0.29, 0.717) is 17.6 Å². The summed E-state index contributed by atoms with van der Waals surface area (Å²) < 4.78 is 10.9. The topological polar surface area (TPSA) is 77.2 Å². The lowest BCUT2D eigenvalue weighted by Gasteiger charge is -2.13. The normalized spacial score (nSPS) is 10.8. The van der Waals surface area contributed by atoms with Crippen LogP contribution in [-0.2, 0) is 11.3 Å². The summed E-state index contributed by atoms with van der Waals surface area (Å²) in [6.07, 6.45) is 0. The molecule has 0 fully saturated rings. The van der Waals surface area contributed by atoms with Crippen LogP contribution in [0, 0.1) is 6.92 Å². The van der Waals surface area contributed by atoms with Crippen LogP contribution in [0.5, 0.6) is 5.75 Å².